The number of carbonyl (C=O) groups is 1. The molecule has 0 amide bonds. The third-order valence-corrected chi connectivity index (χ3v) is 1.63. The molecule has 78 valence electrons. The highest BCUT2D eigenvalue weighted by Gasteiger charge is 2.07. The van der Waals surface area contributed by atoms with Gasteiger partial charge in [0.2, 0.25) is 0 Å². The summed E-state index contributed by atoms with van der Waals surface area (Å²) in [6, 6.07) is 3.90. The van der Waals surface area contributed by atoms with Crippen LogP contribution in [0.3, 0.4) is 0 Å². The second-order valence-corrected chi connectivity index (χ2v) is 3.67. The van der Waals surface area contributed by atoms with Crippen molar-refractivity contribution in [2.75, 3.05) is 0 Å². The summed E-state index contributed by atoms with van der Waals surface area (Å²) >= 11 is 0. The van der Waals surface area contributed by atoms with Crippen LogP contribution in [0.4, 0.5) is 4.39 Å². The first kappa shape index (κ1) is 11.4. The number of hydrogen-bond acceptors (Lipinski definition) is 2. The molecule has 0 aliphatic heterocycles. The van der Waals surface area contributed by atoms with E-state index in [4.69, 9.17) is 0 Å². The van der Waals surface area contributed by atoms with E-state index in [-0.39, 0.29) is 5.56 Å². The molecule has 0 unspecified atom stereocenters. The summed E-state index contributed by atoms with van der Waals surface area (Å²) in [5, 5.41) is 9.33. The summed E-state index contributed by atoms with van der Waals surface area (Å²) < 4.78 is 13.2. The van der Waals surface area contributed by atoms with Gasteiger partial charge >= 0.3 is 0 Å². The molecule has 0 heterocycles. The predicted octanol–water partition coefficient (Wildman–Crippen LogP) is 1.76. The lowest BCUT2D eigenvalue weighted by atomic mass is 10.1. The topological polar surface area (TPSA) is 37.3 Å². The van der Waals surface area contributed by atoms with Gasteiger partial charge in [-0.3, -0.25) is 4.79 Å². The van der Waals surface area contributed by atoms with Gasteiger partial charge in [0.25, 0.3) is 0 Å². The maximum Gasteiger partial charge on any atom is 0.150 e. The maximum atomic E-state index is 13.2. The van der Waals surface area contributed by atoms with Crippen LogP contribution in [0.15, 0.2) is 18.2 Å². The molecule has 2 nitrogen and oxygen atoms in total. The number of benzene rings is 1. The molecule has 0 radical (unpaired) electrons. The zero-order valence-corrected chi connectivity index (χ0v) is 8.54. The van der Waals surface area contributed by atoms with Gasteiger partial charge in [-0.05, 0) is 32.0 Å². The van der Waals surface area contributed by atoms with Gasteiger partial charge in [-0.1, -0.05) is 11.8 Å². The predicted molar refractivity (Wildman–Crippen MR) is 55.0 cm³/mol. The molecule has 1 aromatic carbocycles. The van der Waals surface area contributed by atoms with Crippen LogP contribution in [0.2, 0.25) is 0 Å². The molecule has 0 saturated carbocycles. The van der Waals surface area contributed by atoms with E-state index in [1.807, 2.05) is 0 Å². The van der Waals surface area contributed by atoms with E-state index in [1.54, 1.807) is 0 Å². The van der Waals surface area contributed by atoms with E-state index in [0.29, 0.717) is 11.8 Å². The Kier molecular flexibility index (Phi) is 3.23. The third-order valence-electron chi connectivity index (χ3n) is 1.63. The second kappa shape index (κ2) is 4.24. The Hall–Kier alpha value is -1.66. The van der Waals surface area contributed by atoms with Crippen LogP contribution < -0.4 is 0 Å². The van der Waals surface area contributed by atoms with Crippen LogP contribution in [-0.4, -0.2) is 17.0 Å². The highest BCUT2D eigenvalue weighted by Crippen LogP contribution is 2.08. The number of hydrogen-bond donors (Lipinski definition) is 1. The van der Waals surface area contributed by atoms with Crippen LogP contribution in [0.1, 0.15) is 29.8 Å². The summed E-state index contributed by atoms with van der Waals surface area (Å²) in [5.41, 5.74) is -0.706. The van der Waals surface area contributed by atoms with Gasteiger partial charge in [-0.2, -0.15) is 0 Å². The van der Waals surface area contributed by atoms with E-state index in [9.17, 15) is 14.3 Å². The van der Waals surface area contributed by atoms with Crippen LogP contribution in [-0.2, 0) is 0 Å². The molecular formula is C12H11FO2. The average molecular weight is 206 g/mol. The summed E-state index contributed by atoms with van der Waals surface area (Å²) in [5.74, 6) is 4.47. The molecule has 1 rings (SSSR count). The zero-order valence-electron chi connectivity index (χ0n) is 8.54. The number of aliphatic hydroxyl groups is 1. The smallest absolute Gasteiger partial charge is 0.150 e. The second-order valence-electron chi connectivity index (χ2n) is 3.67. The van der Waals surface area contributed by atoms with Crippen molar-refractivity contribution < 1.29 is 14.3 Å². The molecule has 3 heteroatoms. The molecule has 0 saturated heterocycles. The largest absolute Gasteiger partial charge is 0.378 e. The Morgan fingerprint density at radius 1 is 1.47 bits per heavy atom. The lowest BCUT2D eigenvalue weighted by Crippen LogP contribution is -2.14. The summed E-state index contributed by atoms with van der Waals surface area (Å²) in [7, 11) is 0. The summed E-state index contributed by atoms with van der Waals surface area (Å²) in [6.45, 7) is 3.00. The van der Waals surface area contributed by atoms with E-state index in [1.165, 1.54) is 32.0 Å². The van der Waals surface area contributed by atoms with Gasteiger partial charge in [0.05, 0.1) is 5.56 Å². The zero-order chi connectivity index (χ0) is 11.5. The van der Waals surface area contributed by atoms with E-state index >= 15 is 0 Å². The van der Waals surface area contributed by atoms with Crippen molar-refractivity contribution >= 4 is 6.29 Å². The first-order chi connectivity index (χ1) is 6.92. The summed E-state index contributed by atoms with van der Waals surface area (Å²) in [4.78, 5) is 10.5. The van der Waals surface area contributed by atoms with Gasteiger partial charge in [0.15, 0.2) is 0 Å². The molecule has 0 fully saturated rings. The van der Waals surface area contributed by atoms with Gasteiger partial charge < -0.3 is 5.11 Å². The standard InChI is InChI=1S/C12H11FO2/c1-12(2,15)6-5-10-7-9(8-14)3-4-11(10)13/h3-4,7-8,15H,1-2H3. The molecule has 0 aliphatic carbocycles. The molecule has 15 heavy (non-hydrogen) atoms. The number of carbonyl (C=O) groups excluding carboxylic acids is 1. The molecule has 0 aliphatic rings. The van der Waals surface area contributed by atoms with Gasteiger partial charge in [0.1, 0.15) is 17.7 Å². The monoisotopic (exact) mass is 206 g/mol. The minimum Gasteiger partial charge on any atom is -0.378 e. The van der Waals surface area contributed by atoms with Crippen LogP contribution in [0.5, 0.6) is 0 Å². The van der Waals surface area contributed by atoms with Crippen molar-refractivity contribution in [3.8, 4) is 11.8 Å². The number of halogens is 1. The fraction of sp³-hybridized carbons (Fsp3) is 0.250. The lowest BCUT2D eigenvalue weighted by molar-refractivity contribution is 0.112. The van der Waals surface area contributed by atoms with E-state index in [0.717, 1.165) is 0 Å². The summed E-state index contributed by atoms with van der Waals surface area (Å²) in [6.07, 6.45) is 0.620. The molecule has 0 aromatic heterocycles. The first-order valence-electron chi connectivity index (χ1n) is 4.43. The number of aldehydes is 1. The normalized spacial score (nSPS) is 10.4. The molecular weight excluding hydrogens is 195 g/mol. The Labute approximate surface area is 87.7 Å². The molecule has 1 aromatic rings. The van der Waals surface area contributed by atoms with Crippen LogP contribution in [0.25, 0.3) is 0 Å². The van der Waals surface area contributed by atoms with Crippen molar-refractivity contribution in [1.29, 1.82) is 0 Å². The van der Waals surface area contributed by atoms with Crippen molar-refractivity contribution in [2.45, 2.75) is 19.4 Å². The van der Waals surface area contributed by atoms with Crippen molar-refractivity contribution in [3.63, 3.8) is 0 Å². The van der Waals surface area contributed by atoms with Crippen molar-refractivity contribution in [1.82, 2.24) is 0 Å². The SMILES string of the molecule is CC(C)(O)C#Cc1cc(C=O)ccc1F. The Morgan fingerprint density at radius 2 is 2.13 bits per heavy atom. The lowest BCUT2D eigenvalue weighted by Gasteiger charge is -2.06. The molecule has 0 spiro atoms. The highest BCUT2D eigenvalue weighted by atomic mass is 19.1. The fourth-order valence-corrected chi connectivity index (χ4v) is 0.932. The minimum absolute atomic E-state index is 0.113. The first-order valence-corrected chi connectivity index (χ1v) is 4.43. The van der Waals surface area contributed by atoms with E-state index in [2.05, 4.69) is 11.8 Å². The fourth-order valence-electron chi connectivity index (χ4n) is 0.932. The Bertz CT molecular complexity index is 433. The van der Waals surface area contributed by atoms with Gasteiger partial charge in [-0.15, -0.1) is 0 Å². The minimum atomic E-state index is -1.18. The Morgan fingerprint density at radius 3 is 2.67 bits per heavy atom. The van der Waals surface area contributed by atoms with Gasteiger partial charge in [-0.25, -0.2) is 4.39 Å². The highest BCUT2D eigenvalue weighted by molar-refractivity contribution is 5.75. The van der Waals surface area contributed by atoms with Gasteiger partial charge in [0, 0.05) is 5.56 Å². The maximum absolute atomic E-state index is 13.2. The third kappa shape index (κ3) is 3.53. The molecule has 0 bridgehead atoms. The quantitative estimate of drug-likeness (QED) is 0.561. The van der Waals surface area contributed by atoms with Crippen molar-refractivity contribution in [3.05, 3.63) is 35.1 Å². The van der Waals surface area contributed by atoms with Crippen molar-refractivity contribution in [2.24, 2.45) is 0 Å². The molecule has 1 N–H and O–H groups in total. The van der Waals surface area contributed by atoms with Crippen LogP contribution >= 0.6 is 0 Å². The average Bonchev–Trinajstić information content (AvgIpc) is 2.15. The van der Waals surface area contributed by atoms with Crippen LogP contribution in [0, 0.1) is 17.7 Å². The van der Waals surface area contributed by atoms with E-state index < -0.39 is 11.4 Å². The number of rotatable bonds is 1. The Balaban J connectivity index is 3.12. The molecule has 0 atom stereocenters.